The summed E-state index contributed by atoms with van der Waals surface area (Å²) in [5.74, 6) is 0.570. The molecule has 1 heteroatoms. The first-order chi connectivity index (χ1) is 9.56. The van der Waals surface area contributed by atoms with Crippen LogP contribution in [0.5, 0.6) is 0 Å². The van der Waals surface area contributed by atoms with Crippen LogP contribution >= 0.6 is 0 Å². The van der Waals surface area contributed by atoms with Crippen molar-refractivity contribution >= 4 is 11.9 Å². The highest BCUT2D eigenvalue weighted by Crippen LogP contribution is 2.15. The molecular formula is C19H20O. The molecule has 2 aromatic carbocycles. The van der Waals surface area contributed by atoms with Gasteiger partial charge in [-0.25, -0.2) is 0 Å². The van der Waals surface area contributed by atoms with Crippen LogP contribution in [0.3, 0.4) is 0 Å². The summed E-state index contributed by atoms with van der Waals surface area (Å²) in [5.41, 5.74) is 4.25. The van der Waals surface area contributed by atoms with Crippen LogP contribution in [0.1, 0.15) is 46.8 Å². The van der Waals surface area contributed by atoms with E-state index in [2.05, 4.69) is 26.0 Å². The smallest absolute Gasteiger partial charge is 0.185 e. The number of carbonyl (C=O) groups is 1. The number of aryl methyl sites for hydroxylation is 1. The second-order valence-electron chi connectivity index (χ2n) is 5.38. The number of rotatable bonds is 4. The van der Waals surface area contributed by atoms with Gasteiger partial charge < -0.3 is 0 Å². The van der Waals surface area contributed by atoms with Crippen molar-refractivity contribution in [1.29, 1.82) is 0 Å². The maximum atomic E-state index is 12.0. The van der Waals surface area contributed by atoms with Crippen LogP contribution in [0.15, 0.2) is 54.6 Å². The van der Waals surface area contributed by atoms with Crippen LogP contribution in [0.2, 0.25) is 0 Å². The van der Waals surface area contributed by atoms with Crippen LogP contribution in [-0.4, -0.2) is 5.78 Å². The Morgan fingerprint density at radius 1 is 0.950 bits per heavy atom. The van der Waals surface area contributed by atoms with Gasteiger partial charge in [0.25, 0.3) is 0 Å². The molecule has 0 amide bonds. The Hall–Kier alpha value is -2.15. The van der Waals surface area contributed by atoms with Crippen LogP contribution < -0.4 is 0 Å². The second-order valence-corrected chi connectivity index (χ2v) is 5.38. The molecule has 0 aliphatic rings. The van der Waals surface area contributed by atoms with Crippen LogP contribution in [0, 0.1) is 6.92 Å². The van der Waals surface area contributed by atoms with E-state index in [1.807, 2.05) is 49.4 Å². The third-order valence-corrected chi connectivity index (χ3v) is 3.37. The molecule has 102 valence electrons. The summed E-state index contributed by atoms with van der Waals surface area (Å²) >= 11 is 0. The topological polar surface area (TPSA) is 17.1 Å². The van der Waals surface area contributed by atoms with Gasteiger partial charge in [-0.1, -0.05) is 74.0 Å². The van der Waals surface area contributed by atoms with Crippen molar-refractivity contribution in [3.63, 3.8) is 0 Å². The fraction of sp³-hybridized carbons (Fsp3) is 0.211. The first kappa shape index (κ1) is 14.3. The lowest BCUT2D eigenvalue weighted by molar-refractivity contribution is 0.104. The fourth-order valence-corrected chi connectivity index (χ4v) is 1.98. The zero-order valence-electron chi connectivity index (χ0n) is 12.3. The molecule has 0 bridgehead atoms. The lowest BCUT2D eigenvalue weighted by Gasteiger charge is -2.04. The van der Waals surface area contributed by atoms with Crippen molar-refractivity contribution in [1.82, 2.24) is 0 Å². The van der Waals surface area contributed by atoms with Gasteiger partial charge in [-0.2, -0.15) is 0 Å². The zero-order chi connectivity index (χ0) is 14.5. The van der Waals surface area contributed by atoms with Gasteiger partial charge in [-0.15, -0.1) is 0 Å². The summed E-state index contributed by atoms with van der Waals surface area (Å²) in [7, 11) is 0. The molecule has 0 aliphatic carbocycles. The summed E-state index contributed by atoms with van der Waals surface area (Å²) in [5, 5.41) is 0. The highest BCUT2D eigenvalue weighted by atomic mass is 16.1. The first-order valence-corrected chi connectivity index (χ1v) is 6.95. The zero-order valence-corrected chi connectivity index (χ0v) is 12.3. The Morgan fingerprint density at radius 3 is 2.10 bits per heavy atom. The average Bonchev–Trinajstić information content (AvgIpc) is 2.46. The van der Waals surface area contributed by atoms with E-state index in [0.29, 0.717) is 5.92 Å². The van der Waals surface area contributed by atoms with Gasteiger partial charge in [0.15, 0.2) is 5.78 Å². The van der Waals surface area contributed by atoms with Crippen molar-refractivity contribution in [2.75, 3.05) is 0 Å². The van der Waals surface area contributed by atoms with E-state index in [1.54, 1.807) is 6.08 Å². The molecule has 1 nitrogen and oxygen atoms in total. The Morgan fingerprint density at radius 2 is 1.55 bits per heavy atom. The Bertz CT molecular complexity index is 601. The molecular weight excluding hydrogens is 244 g/mol. The van der Waals surface area contributed by atoms with Crippen molar-refractivity contribution in [3.8, 4) is 0 Å². The van der Waals surface area contributed by atoms with Gasteiger partial charge in [-0.05, 0) is 30.0 Å². The molecule has 0 aliphatic heterocycles. The predicted molar refractivity (Wildman–Crippen MR) is 85.1 cm³/mol. The van der Waals surface area contributed by atoms with E-state index in [1.165, 1.54) is 5.56 Å². The molecule has 20 heavy (non-hydrogen) atoms. The molecule has 0 heterocycles. The summed E-state index contributed by atoms with van der Waals surface area (Å²) in [4.78, 5) is 12.0. The molecule has 0 saturated carbocycles. The minimum atomic E-state index is 0.0398. The maximum Gasteiger partial charge on any atom is 0.185 e. The molecule has 0 fully saturated rings. The number of allylic oxidation sites excluding steroid dienone is 1. The minimum absolute atomic E-state index is 0.0398. The van der Waals surface area contributed by atoms with Crippen LogP contribution in [0.25, 0.3) is 6.08 Å². The predicted octanol–water partition coefficient (Wildman–Crippen LogP) is 5.01. The highest BCUT2D eigenvalue weighted by Gasteiger charge is 2.01. The molecule has 2 rings (SSSR count). The Labute approximate surface area is 121 Å². The van der Waals surface area contributed by atoms with E-state index < -0.39 is 0 Å². The van der Waals surface area contributed by atoms with Gasteiger partial charge in [0, 0.05) is 5.56 Å². The average molecular weight is 264 g/mol. The third-order valence-electron chi connectivity index (χ3n) is 3.37. The molecule has 2 aromatic rings. The molecule has 0 aromatic heterocycles. The summed E-state index contributed by atoms with van der Waals surface area (Å²) in [6.45, 7) is 6.36. The second kappa shape index (κ2) is 6.33. The molecule has 0 spiro atoms. The number of hydrogen-bond acceptors (Lipinski definition) is 1. The normalized spacial score (nSPS) is 11.2. The summed E-state index contributed by atoms with van der Waals surface area (Å²) in [6.07, 6.45) is 3.50. The van der Waals surface area contributed by atoms with Crippen molar-refractivity contribution < 1.29 is 4.79 Å². The van der Waals surface area contributed by atoms with E-state index in [-0.39, 0.29) is 5.78 Å². The van der Waals surface area contributed by atoms with E-state index >= 15 is 0 Å². The number of benzene rings is 2. The Kier molecular flexibility index (Phi) is 4.52. The lowest BCUT2D eigenvalue weighted by Crippen LogP contribution is -1.93. The lowest BCUT2D eigenvalue weighted by atomic mass is 10.0. The van der Waals surface area contributed by atoms with Gasteiger partial charge >= 0.3 is 0 Å². The highest BCUT2D eigenvalue weighted by molar-refractivity contribution is 6.06. The van der Waals surface area contributed by atoms with Crippen molar-refractivity contribution in [2.24, 2.45) is 0 Å². The minimum Gasteiger partial charge on any atom is -0.289 e. The van der Waals surface area contributed by atoms with E-state index in [9.17, 15) is 4.79 Å². The Balaban J connectivity index is 2.08. The number of carbonyl (C=O) groups excluding carboxylic acids is 1. The molecule has 0 unspecified atom stereocenters. The van der Waals surface area contributed by atoms with Gasteiger partial charge in [-0.3, -0.25) is 4.79 Å². The number of ketones is 1. The van der Waals surface area contributed by atoms with E-state index in [0.717, 1.165) is 16.7 Å². The molecule has 0 atom stereocenters. The van der Waals surface area contributed by atoms with Crippen LogP contribution in [0.4, 0.5) is 0 Å². The van der Waals surface area contributed by atoms with E-state index in [4.69, 9.17) is 0 Å². The number of hydrogen-bond donors (Lipinski definition) is 0. The van der Waals surface area contributed by atoms with Gasteiger partial charge in [0.2, 0.25) is 0 Å². The van der Waals surface area contributed by atoms with Crippen LogP contribution in [-0.2, 0) is 0 Å². The summed E-state index contributed by atoms with van der Waals surface area (Å²) in [6, 6.07) is 16.0. The fourth-order valence-electron chi connectivity index (χ4n) is 1.98. The van der Waals surface area contributed by atoms with Crippen molar-refractivity contribution in [2.45, 2.75) is 26.7 Å². The molecule has 0 N–H and O–H groups in total. The third kappa shape index (κ3) is 3.67. The molecule has 0 radical (unpaired) electrons. The standard InChI is InChI=1S/C19H20O/c1-14(2)17-11-6-16(7-12-17)8-13-19(20)18-9-4-15(3)5-10-18/h4-14H,1-3H3/b13-8-. The van der Waals surface area contributed by atoms with Gasteiger partial charge in [0.1, 0.15) is 0 Å². The monoisotopic (exact) mass is 264 g/mol. The quantitative estimate of drug-likeness (QED) is 0.560. The largest absolute Gasteiger partial charge is 0.289 e. The van der Waals surface area contributed by atoms with Crippen molar-refractivity contribution in [3.05, 3.63) is 76.9 Å². The maximum absolute atomic E-state index is 12.0. The first-order valence-electron chi connectivity index (χ1n) is 6.95. The summed E-state index contributed by atoms with van der Waals surface area (Å²) < 4.78 is 0. The SMILES string of the molecule is Cc1ccc(C(=O)/C=C\c2ccc(C(C)C)cc2)cc1. The molecule has 0 saturated heterocycles. The van der Waals surface area contributed by atoms with Gasteiger partial charge in [0.05, 0.1) is 0 Å².